The topological polar surface area (TPSA) is 123 Å². The van der Waals surface area contributed by atoms with Crippen molar-refractivity contribution < 1.29 is 27.4 Å². The summed E-state index contributed by atoms with van der Waals surface area (Å²) < 4.78 is 52.2. The van der Waals surface area contributed by atoms with Gasteiger partial charge in [-0.15, -0.1) is 0 Å². The van der Waals surface area contributed by atoms with Crippen molar-refractivity contribution in [3.63, 3.8) is 0 Å². The average Bonchev–Trinajstić information content (AvgIpc) is 3.58. The molecule has 12 nitrogen and oxygen atoms in total. The van der Waals surface area contributed by atoms with Crippen LogP contribution >= 0.6 is 0 Å². The van der Waals surface area contributed by atoms with Gasteiger partial charge in [0.05, 0.1) is 48.9 Å². The molecular weight excluding hydrogens is 579 g/mol. The number of benzene rings is 1. The van der Waals surface area contributed by atoms with E-state index in [4.69, 9.17) is 14.5 Å². The number of aromatic nitrogens is 5. The summed E-state index contributed by atoms with van der Waals surface area (Å²) >= 11 is 0. The molecule has 1 aromatic carbocycles. The molecule has 2 amide bonds. The molecule has 3 aromatic heterocycles. The van der Waals surface area contributed by atoms with E-state index in [0.717, 1.165) is 36.4 Å². The summed E-state index contributed by atoms with van der Waals surface area (Å²) in [7, 11) is 0. The van der Waals surface area contributed by atoms with E-state index in [1.807, 2.05) is 6.07 Å². The van der Waals surface area contributed by atoms with Crippen LogP contribution in [0.2, 0.25) is 0 Å². The molecule has 3 saturated heterocycles. The Morgan fingerprint density at radius 1 is 0.909 bits per heavy atom. The maximum Gasteiger partial charge on any atom is 0.408 e. The molecule has 4 aromatic rings. The minimum Gasteiger partial charge on any atom is -0.378 e. The fraction of sp³-hybridized carbons (Fsp3) is 0.414. The Hall–Kier alpha value is -4.50. The number of nitrogens with one attached hydrogen (secondary N) is 2. The number of carbonyl (C=O) groups excluding carboxylic acids is 1. The highest BCUT2D eigenvalue weighted by molar-refractivity contribution is 5.99. The number of amides is 2. The number of urea groups is 1. The van der Waals surface area contributed by atoms with Crippen molar-refractivity contribution in [1.82, 2.24) is 24.7 Å². The second kappa shape index (κ2) is 11.5. The molecule has 3 aliphatic heterocycles. The van der Waals surface area contributed by atoms with E-state index in [-0.39, 0.29) is 23.7 Å². The standard InChI is InChI=1S/C29H30F3N9O3/c30-29(31,32)17-41-27-23(14-34-41)26(40-15-21-6-7-22(16-40)44-21)37-25(38-27)18-1-3-19(4-2-18)35-28(42)36-20-5-8-24(33-13-20)39-9-11-43-12-10-39/h1-5,8,13-14,21-22H,6-7,9-12,15-17H2,(H2,35,36,42). The first-order chi connectivity index (χ1) is 21.3. The fourth-order valence-electron chi connectivity index (χ4n) is 5.82. The van der Waals surface area contributed by atoms with Gasteiger partial charge in [-0.25, -0.2) is 24.4 Å². The lowest BCUT2D eigenvalue weighted by atomic mass is 10.2. The highest BCUT2D eigenvalue weighted by Crippen LogP contribution is 2.34. The van der Waals surface area contributed by atoms with Crippen molar-refractivity contribution in [1.29, 1.82) is 0 Å². The molecule has 3 aliphatic rings. The van der Waals surface area contributed by atoms with Crippen molar-refractivity contribution in [3.05, 3.63) is 48.8 Å². The van der Waals surface area contributed by atoms with Gasteiger partial charge in [-0.2, -0.15) is 18.3 Å². The molecule has 0 aliphatic carbocycles. The van der Waals surface area contributed by atoms with Gasteiger partial charge in [0.25, 0.3) is 0 Å². The number of carbonyl (C=O) groups is 1. The van der Waals surface area contributed by atoms with Gasteiger partial charge in [-0.1, -0.05) is 0 Å². The van der Waals surface area contributed by atoms with Crippen LogP contribution < -0.4 is 20.4 Å². The molecule has 7 rings (SSSR count). The average molecular weight is 610 g/mol. The molecule has 2 N–H and O–H groups in total. The van der Waals surface area contributed by atoms with Gasteiger partial charge in [0, 0.05) is 37.4 Å². The first-order valence-electron chi connectivity index (χ1n) is 14.5. The predicted molar refractivity (Wildman–Crippen MR) is 157 cm³/mol. The van der Waals surface area contributed by atoms with Gasteiger partial charge in [0.1, 0.15) is 18.2 Å². The third-order valence-corrected chi connectivity index (χ3v) is 7.89. The molecule has 44 heavy (non-hydrogen) atoms. The zero-order valence-corrected chi connectivity index (χ0v) is 23.6. The monoisotopic (exact) mass is 609 g/mol. The Morgan fingerprint density at radius 2 is 1.61 bits per heavy atom. The second-order valence-corrected chi connectivity index (χ2v) is 11.0. The van der Waals surface area contributed by atoms with Crippen LogP contribution in [0.5, 0.6) is 0 Å². The number of fused-ring (bicyclic) bond motifs is 3. The lowest BCUT2D eigenvalue weighted by Crippen LogP contribution is -2.43. The zero-order chi connectivity index (χ0) is 30.3. The number of morpholine rings is 2. The number of rotatable bonds is 6. The largest absolute Gasteiger partial charge is 0.408 e. The number of halogens is 3. The summed E-state index contributed by atoms with van der Waals surface area (Å²) in [4.78, 5) is 30.6. The minimum atomic E-state index is -4.46. The fourth-order valence-corrected chi connectivity index (χ4v) is 5.82. The van der Waals surface area contributed by atoms with Crippen LogP contribution in [0.1, 0.15) is 12.8 Å². The summed E-state index contributed by atoms with van der Waals surface area (Å²) in [5.41, 5.74) is 1.74. The van der Waals surface area contributed by atoms with Gasteiger partial charge in [-0.05, 0) is 49.2 Å². The number of nitrogens with zero attached hydrogens (tertiary/aromatic N) is 7. The van der Waals surface area contributed by atoms with Crippen LogP contribution in [-0.4, -0.2) is 88.5 Å². The maximum atomic E-state index is 13.3. The molecule has 0 spiro atoms. The highest BCUT2D eigenvalue weighted by Gasteiger charge is 2.36. The molecule has 0 radical (unpaired) electrons. The van der Waals surface area contributed by atoms with Crippen LogP contribution in [0.3, 0.4) is 0 Å². The first kappa shape index (κ1) is 28.3. The number of anilines is 4. The molecule has 2 bridgehead atoms. The number of hydrogen-bond donors (Lipinski definition) is 2. The van der Waals surface area contributed by atoms with Crippen molar-refractivity contribution in [2.45, 2.75) is 37.8 Å². The maximum absolute atomic E-state index is 13.3. The predicted octanol–water partition coefficient (Wildman–Crippen LogP) is 4.30. The summed E-state index contributed by atoms with van der Waals surface area (Å²) in [6, 6.07) is 9.99. The van der Waals surface area contributed by atoms with Crippen molar-refractivity contribution >= 4 is 40.1 Å². The Labute approximate surface area is 250 Å². The van der Waals surface area contributed by atoms with Crippen LogP contribution in [0, 0.1) is 0 Å². The summed E-state index contributed by atoms with van der Waals surface area (Å²) in [5, 5.41) is 10.0. The molecular formula is C29H30F3N9O3. The smallest absolute Gasteiger partial charge is 0.378 e. The van der Waals surface area contributed by atoms with Gasteiger partial charge in [-0.3, -0.25) is 0 Å². The minimum absolute atomic E-state index is 0.0578. The third kappa shape index (κ3) is 6.10. The van der Waals surface area contributed by atoms with Crippen molar-refractivity contribution in [3.8, 4) is 11.4 Å². The molecule has 2 atom stereocenters. The van der Waals surface area contributed by atoms with E-state index >= 15 is 0 Å². The van der Waals surface area contributed by atoms with E-state index in [1.165, 1.54) is 6.20 Å². The number of pyridine rings is 1. The summed E-state index contributed by atoms with van der Waals surface area (Å²) in [5.74, 6) is 1.62. The van der Waals surface area contributed by atoms with Gasteiger partial charge >= 0.3 is 12.2 Å². The van der Waals surface area contributed by atoms with Crippen LogP contribution in [0.4, 0.5) is 41.0 Å². The molecule has 230 valence electrons. The Kier molecular flexibility index (Phi) is 7.42. The van der Waals surface area contributed by atoms with Crippen molar-refractivity contribution in [2.24, 2.45) is 0 Å². The van der Waals surface area contributed by atoms with E-state index in [0.29, 0.717) is 54.4 Å². The van der Waals surface area contributed by atoms with E-state index in [2.05, 4.69) is 35.5 Å². The Balaban J connectivity index is 1.09. The van der Waals surface area contributed by atoms with Gasteiger partial charge < -0.3 is 29.9 Å². The lowest BCUT2D eigenvalue weighted by molar-refractivity contribution is -0.141. The van der Waals surface area contributed by atoms with Crippen LogP contribution in [0.25, 0.3) is 22.4 Å². The van der Waals surface area contributed by atoms with Crippen LogP contribution in [0.15, 0.2) is 48.8 Å². The van der Waals surface area contributed by atoms with E-state index in [9.17, 15) is 18.0 Å². The van der Waals surface area contributed by atoms with Crippen LogP contribution in [-0.2, 0) is 16.0 Å². The normalized spacial score (nSPS) is 20.2. The third-order valence-electron chi connectivity index (χ3n) is 7.89. The number of hydrogen-bond acceptors (Lipinski definition) is 9. The molecule has 2 unspecified atom stereocenters. The quantitative estimate of drug-likeness (QED) is 0.330. The number of alkyl halides is 3. The Morgan fingerprint density at radius 3 is 2.30 bits per heavy atom. The molecule has 6 heterocycles. The van der Waals surface area contributed by atoms with Gasteiger partial charge in [0.2, 0.25) is 0 Å². The number of ether oxygens (including phenoxy) is 2. The first-order valence-corrected chi connectivity index (χ1v) is 14.5. The summed E-state index contributed by atoms with van der Waals surface area (Å²) in [6.45, 7) is 2.77. The van der Waals surface area contributed by atoms with E-state index < -0.39 is 18.8 Å². The molecule has 0 saturated carbocycles. The zero-order valence-electron chi connectivity index (χ0n) is 23.6. The SMILES string of the molecule is O=C(Nc1ccc(-c2nc(N3CC4CCC(C3)O4)c3cnn(CC(F)(F)F)c3n2)cc1)Nc1ccc(N2CCOCC2)nc1. The highest BCUT2D eigenvalue weighted by atomic mass is 19.4. The molecule has 15 heteroatoms. The van der Waals surface area contributed by atoms with Gasteiger partial charge in [0.15, 0.2) is 11.5 Å². The second-order valence-electron chi connectivity index (χ2n) is 11.0. The summed E-state index contributed by atoms with van der Waals surface area (Å²) in [6.07, 6.45) is 0.528. The van der Waals surface area contributed by atoms with E-state index in [1.54, 1.807) is 36.5 Å². The lowest BCUT2D eigenvalue weighted by Gasteiger charge is -2.33. The Bertz CT molecular complexity index is 1630. The molecule has 3 fully saturated rings. The van der Waals surface area contributed by atoms with Crippen molar-refractivity contribution in [2.75, 3.05) is 59.8 Å².